The lowest BCUT2D eigenvalue weighted by molar-refractivity contribution is -0.119. The molecule has 0 aliphatic carbocycles. The molecule has 29 heavy (non-hydrogen) atoms. The summed E-state index contributed by atoms with van der Waals surface area (Å²) in [5.74, 6) is -1.69. The summed E-state index contributed by atoms with van der Waals surface area (Å²) in [7, 11) is -3.76. The van der Waals surface area contributed by atoms with Gasteiger partial charge >= 0.3 is 0 Å². The number of carbonyl (C=O) groups is 2. The van der Waals surface area contributed by atoms with Gasteiger partial charge in [0.05, 0.1) is 27.9 Å². The van der Waals surface area contributed by atoms with E-state index in [2.05, 4.69) is 4.98 Å². The molecule has 9 heteroatoms. The molecule has 1 aliphatic heterocycles. The number of carbonyl (C=O) groups excluding carboxylic acids is 2. The van der Waals surface area contributed by atoms with Crippen LogP contribution in [-0.4, -0.2) is 49.0 Å². The standard InChI is InChI=1S/C20H22ClN3O4S/c1-3-23(11-8-15-6-9-22-10-7-15)20(26)17-12-16(4-5-18(17)21)24-19(25)14(2)13-29(24,27)28/h4-7,9-10,12,14H,3,8,11,13H2,1-2H3. The molecule has 0 spiro atoms. The number of hydrogen-bond acceptors (Lipinski definition) is 5. The van der Waals surface area contributed by atoms with E-state index in [1.807, 2.05) is 19.1 Å². The number of hydrogen-bond donors (Lipinski definition) is 0. The Balaban J connectivity index is 1.86. The summed E-state index contributed by atoms with van der Waals surface area (Å²) in [4.78, 5) is 31.0. The number of sulfonamides is 1. The van der Waals surface area contributed by atoms with Gasteiger partial charge < -0.3 is 4.90 Å². The van der Waals surface area contributed by atoms with E-state index in [1.54, 1.807) is 24.2 Å². The van der Waals surface area contributed by atoms with E-state index in [0.717, 1.165) is 9.87 Å². The maximum absolute atomic E-state index is 13.1. The highest BCUT2D eigenvalue weighted by Gasteiger charge is 2.42. The van der Waals surface area contributed by atoms with Crippen LogP contribution < -0.4 is 4.31 Å². The Bertz CT molecular complexity index is 1030. The Morgan fingerprint density at radius 3 is 2.55 bits per heavy atom. The highest BCUT2D eigenvalue weighted by molar-refractivity contribution is 7.94. The van der Waals surface area contributed by atoms with E-state index in [-0.39, 0.29) is 27.9 Å². The van der Waals surface area contributed by atoms with Gasteiger partial charge in [0.1, 0.15) is 0 Å². The van der Waals surface area contributed by atoms with Crippen LogP contribution >= 0.6 is 11.6 Å². The van der Waals surface area contributed by atoms with E-state index in [9.17, 15) is 18.0 Å². The van der Waals surface area contributed by atoms with Crippen molar-refractivity contribution >= 4 is 39.1 Å². The van der Waals surface area contributed by atoms with Gasteiger partial charge in [-0.3, -0.25) is 14.6 Å². The first-order chi connectivity index (χ1) is 13.7. The molecule has 2 aromatic rings. The zero-order chi connectivity index (χ0) is 21.2. The van der Waals surface area contributed by atoms with Crippen molar-refractivity contribution < 1.29 is 18.0 Å². The molecule has 3 rings (SSSR count). The first-order valence-corrected chi connectivity index (χ1v) is 11.3. The normalized spacial score (nSPS) is 18.1. The fourth-order valence-corrected chi connectivity index (χ4v) is 5.29. The van der Waals surface area contributed by atoms with E-state index in [4.69, 9.17) is 11.6 Å². The van der Waals surface area contributed by atoms with Crippen LogP contribution in [0.3, 0.4) is 0 Å². The summed E-state index contributed by atoms with van der Waals surface area (Å²) in [6.45, 7) is 4.36. The van der Waals surface area contributed by atoms with Gasteiger partial charge in [-0.2, -0.15) is 0 Å². The van der Waals surface area contributed by atoms with Crippen molar-refractivity contribution in [3.05, 3.63) is 58.9 Å². The number of amides is 2. The monoisotopic (exact) mass is 435 g/mol. The van der Waals surface area contributed by atoms with Gasteiger partial charge in [-0.15, -0.1) is 0 Å². The second kappa shape index (κ2) is 8.51. The Hall–Kier alpha value is -2.45. The average molecular weight is 436 g/mol. The number of nitrogens with zero attached hydrogens (tertiary/aromatic N) is 3. The van der Waals surface area contributed by atoms with Gasteiger partial charge in [0.2, 0.25) is 15.9 Å². The first kappa shape index (κ1) is 21.3. The zero-order valence-electron chi connectivity index (χ0n) is 16.2. The lowest BCUT2D eigenvalue weighted by Gasteiger charge is -2.23. The molecule has 1 aromatic carbocycles. The minimum absolute atomic E-state index is 0.136. The summed E-state index contributed by atoms with van der Waals surface area (Å²) >= 11 is 6.24. The molecular weight excluding hydrogens is 414 g/mol. The van der Waals surface area contributed by atoms with Gasteiger partial charge in [-0.25, -0.2) is 12.7 Å². The van der Waals surface area contributed by atoms with Crippen molar-refractivity contribution in [1.29, 1.82) is 0 Å². The van der Waals surface area contributed by atoms with Gasteiger partial charge in [0, 0.05) is 25.5 Å². The van der Waals surface area contributed by atoms with Crippen LogP contribution in [0.25, 0.3) is 0 Å². The average Bonchev–Trinajstić information content (AvgIpc) is 2.90. The fourth-order valence-electron chi connectivity index (χ4n) is 3.28. The molecule has 1 saturated heterocycles. The SMILES string of the molecule is CCN(CCc1ccncc1)C(=O)c1cc(N2C(=O)C(C)CS2(=O)=O)ccc1Cl. The lowest BCUT2D eigenvalue weighted by Crippen LogP contribution is -2.34. The van der Waals surface area contributed by atoms with E-state index >= 15 is 0 Å². The maximum atomic E-state index is 13.1. The second-order valence-electron chi connectivity index (χ2n) is 6.94. The highest BCUT2D eigenvalue weighted by Crippen LogP contribution is 2.31. The molecule has 1 fully saturated rings. The van der Waals surface area contributed by atoms with E-state index in [1.165, 1.54) is 18.2 Å². The molecule has 154 valence electrons. The second-order valence-corrected chi connectivity index (χ2v) is 9.21. The zero-order valence-corrected chi connectivity index (χ0v) is 17.8. The van der Waals surface area contributed by atoms with Crippen molar-refractivity contribution in [2.24, 2.45) is 5.92 Å². The number of aromatic nitrogens is 1. The summed E-state index contributed by atoms with van der Waals surface area (Å²) in [5.41, 5.74) is 1.36. The highest BCUT2D eigenvalue weighted by atomic mass is 35.5. The summed E-state index contributed by atoms with van der Waals surface area (Å²) < 4.78 is 25.5. The predicted octanol–water partition coefficient (Wildman–Crippen LogP) is 2.75. The number of pyridine rings is 1. The van der Waals surface area contributed by atoms with Gasteiger partial charge in [-0.05, 0) is 49.2 Å². The molecule has 7 nitrogen and oxygen atoms in total. The number of likely N-dealkylation sites (N-methyl/N-ethyl adjacent to an activating group) is 1. The van der Waals surface area contributed by atoms with Crippen molar-refractivity contribution in [3.8, 4) is 0 Å². The van der Waals surface area contributed by atoms with Crippen LogP contribution in [0, 0.1) is 5.92 Å². The van der Waals surface area contributed by atoms with Gasteiger partial charge in [0.25, 0.3) is 5.91 Å². The van der Waals surface area contributed by atoms with Crippen molar-refractivity contribution in [3.63, 3.8) is 0 Å². The molecule has 2 heterocycles. The third kappa shape index (κ3) is 4.43. The smallest absolute Gasteiger partial charge is 0.255 e. The summed E-state index contributed by atoms with van der Waals surface area (Å²) in [5, 5.41) is 0.207. The van der Waals surface area contributed by atoms with Crippen molar-refractivity contribution in [2.45, 2.75) is 20.3 Å². The minimum atomic E-state index is -3.76. The Labute approximate surface area is 175 Å². The molecule has 1 aromatic heterocycles. The predicted molar refractivity (Wildman–Crippen MR) is 111 cm³/mol. The van der Waals surface area contributed by atoms with E-state index < -0.39 is 21.8 Å². The molecule has 0 bridgehead atoms. The Kier molecular flexibility index (Phi) is 6.24. The Morgan fingerprint density at radius 2 is 1.97 bits per heavy atom. The molecule has 1 atom stereocenters. The fraction of sp³-hybridized carbons (Fsp3) is 0.350. The summed E-state index contributed by atoms with van der Waals surface area (Å²) in [6.07, 6.45) is 4.04. The van der Waals surface area contributed by atoms with Crippen molar-refractivity contribution in [1.82, 2.24) is 9.88 Å². The number of anilines is 1. The van der Waals surface area contributed by atoms with Crippen LogP contribution in [0.4, 0.5) is 5.69 Å². The third-order valence-electron chi connectivity index (χ3n) is 4.86. The molecule has 1 unspecified atom stereocenters. The molecule has 0 radical (unpaired) electrons. The molecule has 2 amide bonds. The third-order valence-corrected chi connectivity index (χ3v) is 7.06. The van der Waals surface area contributed by atoms with Crippen molar-refractivity contribution in [2.75, 3.05) is 23.1 Å². The molecule has 1 aliphatic rings. The molecule has 0 N–H and O–H groups in total. The topological polar surface area (TPSA) is 87.7 Å². The Morgan fingerprint density at radius 1 is 1.28 bits per heavy atom. The number of rotatable bonds is 6. The lowest BCUT2D eigenvalue weighted by atomic mass is 10.1. The van der Waals surface area contributed by atoms with Crippen LogP contribution in [0.2, 0.25) is 5.02 Å². The van der Waals surface area contributed by atoms with Crippen LogP contribution in [0.1, 0.15) is 29.8 Å². The number of benzene rings is 1. The number of halogens is 1. The van der Waals surface area contributed by atoms with E-state index in [0.29, 0.717) is 19.5 Å². The maximum Gasteiger partial charge on any atom is 0.255 e. The largest absolute Gasteiger partial charge is 0.339 e. The minimum Gasteiger partial charge on any atom is -0.339 e. The van der Waals surface area contributed by atoms with Gasteiger partial charge in [-0.1, -0.05) is 18.5 Å². The summed E-state index contributed by atoms with van der Waals surface area (Å²) in [6, 6.07) is 8.05. The van der Waals surface area contributed by atoms with Crippen LogP contribution in [0.5, 0.6) is 0 Å². The first-order valence-electron chi connectivity index (χ1n) is 9.29. The molecule has 0 saturated carbocycles. The quantitative estimate of drug-likeness (QED) is 0.696. The van der Waals surface area contributed by atoms with Crippen LogP contribution in [-0.2, 0) is 21.2 Å². The van der Waals surface area contributed by atoms with Gasteiger partial charge in [0.15, 0.2) is 0 Å². The molecular formula is C20H22ClN3O4S. The van der Waals surface area contributed by atoms with Crippen LogP contribution in [0.15, 0.2) is 42.7 Å².